The third kappa shape index (κ3) is 4.91. The van der Waals surface area contributed by atoms with Crippen LogP contribution < -0.4 is 10.6 Å². The first kappa shape index (κ1) is 21.6. The van der Waals surface area contributed by atoms with Crippen molar-refractivity contribution in [2.45, 2.75) is 25.1 Å². The molecule has 2 amide bonds. The second-order valence-corrected chi connectivity index (χ2v) is 6.97. The second kappa shape index (κ2) is 9.17. The van der Waals surface area contributed by atoms with E-state index in [0.29, 0.717) is 17.8 Å². The molecule has 30 heavy (non-hydrogen) atoms. The lowest BCUT2D eigenvalue weighted by Gasteiger charge is -2.24. The third-order valence-electron chi connectivity index (χ3n) is 4.95. The molecule has 1 aliphatic rings. The van der Waals surface area contributed by atoms with E-state index in [2.05, 4.69) is 10.6 Å². The Morgan fingerprint density at radius 3 is 2.43 bits per heavy atom. The number of nitrogens with zero attached hydrogens (tertiary/aromatic N) is 1. The van der Waals surface area contributed by atoms with Crippen molar-refractivity contribution in [2.75, 3.05) is 30.3 Å². The van der Waals surface area contributed by atoms with Crippen LogP contribution in [0.2, 0.25) is 0 Å². The molecule has 0 spiro atoms. The fraction of sp³-hybridized carbons (Fsp3) is 0.333. The number of hydrogen-bond donors (Lipinski definition) is 3. The molecule has 1 heterocycles. The van der Waals surface area contributed by atoms with Crippen LogP contribution >= 0.6 is 0 Å². The molecule has 0 bridgehead atoms. The molecule has 6 nitrogen and oxygen atoms in total. The number of likely N-dealkylation sites (tertiary alicyclic amines) is 1. The lowest BCUT2D eigenvalue weighted by atomic mass is 10.1. The summed E-state index contributed by atoms with van der Waals surface area (Å²) in [6.45, 7) is 0.0926. The molecule has 1 saturated heterocycles. The first-order chi connectivity index (χ1) is 14.3. The van der Waals surface area contributed by atoms with Gasteiger partial charge in [0.25, 0.3) is 5.91 Å². The molecule has 9 heteroatoms. The lowest BCUT2D eigenvalue weighted by Crippen LogP contribution is -2.38. The van der Waals surface area contributed by atoms with Crippen LogP contribution in [0.3, 0.4) is 0 Å². The zero-order valence-electron chi connectivity index (χ0n) is 16.1. The lowest BCUT2D eigenvalue weighted by molar-refractivity contribution is -0.137. The Hall–Kier alpha value is -3.07. The van der Waals surface area contributed by atoms with Gasteiger partial charge in [-0.1, -0.05) is 24.3 Å². The van der Waals surface area contributed by atoms with Gasteiger partial charge in [0.15, 0.2) is 0 Å². The number of nitrogens with one attached hydrogen (secondary N) is 2. The predicted octanol–water partition coefficient (Wildman–Crippen LogP) is 3.35. The van der Waals surface area contributed by atoms with E-state index < -0.39 is 17.6 Å². The largest absolute Gasteiger partial charge is 0.418 e. The van der Waals surface area contributed by atoms with E-state index in [4.69, 9.17) is 0 Å². The van der Waals surface area contributed by atoms with Gasteiger partial charge in [0.1, 0.15) is 0 Å². The number of carbonyl (C=O) groups excluding carboxylic acids is 2. The average molecular weight is 421 g/mol. The Bertz CT molecular complexity index is 918. The van der Waals surface area contributed by atoms with Gasteiger partial charge in [-0.3, -0.25) is 9.59 Å². The molecule has 0 radical (unpaired) electrons. The van der Waals surface area contributed by atoms with E-state index in [-0.39, 0.29) is 30.8 Å². The van der Waals surface area contributed by atoms with Gasteiger partial charge in [0.2, 0.25) is 5.91 Å². The number of carbonyl (C=O) groups is 2. The van der Waals surface area contributed by atoms with Crippen molar-refractivity contribution in [3.8, 4) is 0 Å². The summed E-state index contributed by atoms with van der Waals surface area (Å²) < 4.78 is 39.2. The molecule has 2 aromatic carbocycles. The molecule has 2 aromatic rings. The third-order valence-corrected chi connectivity index (χ3v) is 4.95. The van der Waals surface area contributed by atoms with Crippen LogP contribution in [0.25, 0.3) is 0 Å². The zero-order valence-corrected chi connectivity index (χ0v) is 16.1. The molecule has 1 atom stereocenters. The number of halogens is 3. The smallest absolute Gasteiger partial charge is 0.394 e. The Morgan fingerprint density at radius 1 is 1.07 bits per heavy atom. The number of hydrogen-bond acceptors (Lipinski definition) is 4. The summed E-state index contributed by atoms with van der Waals surface area (Å²) in [5.74, 6) is -0.944. The van der Waals surface area contributed by atoms with Gasteiger partial charge < -0.3 is 20.6 Å². The number of alkyl halides is 3. The summed E-state index contributed by atoms with van der Waals surface area (Å²) in [5, 5.41) is 14.5. The van der Waals surface area contributed by atoms with Crippen molar-refractivity contribution >= 4 is 23.2 Å². The van der Waals surface area contributed by atoms with Gasteiger partial charge in [-0.15, -0.1) is 0 Å². The van der Waals surface area contributed by atoms with Crippen LogP contribution in [0.1, 0.15) is 28.8 Å². The number of aliphatic hydroxyl groups is 1. The topological polar surface area (TPSA) is 81.7 Å². The predicted molar refractivity (Wildman–Crippen MR) is 106 cm³/mol. The highest BCUT2D eigenvalue weighted by Gasteiger charge is 2.33. The van der Waals surface area contributed by atoms with Crippen LogP contribution in [-0.4, -0.2) is 47.6 Å². The van der Waals surface area contributed by atoms with E-state index in [1.807, 2.05) is 0 Å². The van der Waals surface area contributed by atoms with Crippen LogP contribution in [-0.2, 0) is 11.0 Å². The van der Waals surface area contributed by atoms with Crippen LogP contribution in [0.4, 0.5) is 24.5 Å². The summed E-state index contributed by atoms with van der Waals surface area (Å²) >= 11 is 0. The van der Waals surface area contributed by atoms with Gasteiger partial charge in [0, 0.05) is 12.2 Å². The Kier molecular flexibility index (Phi) is 6.61. The normalized spacial score (nSPS) is 16.4. The number of rotatable bonds is 6. The van der Waals surface area contributed by atoms with E-state index in [1.54, 1.807) is 29.2 Å². The zero-order chi connectivity index (χ0) is 21.7. The average Bonchev–Trinajstić information content (AvgIpc) is 3.20. The maximum absolute atomic E-state index is 13.1. The standard InChI is InChI=1S/C21H22F3N3O3/c22-21(23,24)16-8-2-4-10-18(16)26-19(29)12-25-17-9-3-1-7-15(17)20(30)27-11-5-6-14(27)13-28/h1-4,7-10,14,25,28H,5-6,11-13H2,(H,26,29). The fourth-order valence-electron chi connectivity index (χ4n) is 3.48. The summed E-state index contributed by atoms with van der Waals surface area (Å²) in [5.41, 5.74) is -0.534. The number of benzene rings is 2. The Morgan fingerprint density at radius 2 is 1.73 bits per heavy atom. The Balaban J connectivity index is 1.69. The fourth-order valence-corrected chi connectivity index (χ4v) is 3.48. The molecular formula is C21H22F3N3O3. The van der Waals surface area contributed by atoms with Gasteiger partial charge in [-0.2, -0.15) is 13.2 Å². The highest BCUT2D eigenvalue weighted by molar-refractivity contribution is 6.01. The van der Waals surface area contributed by atoms with E-state index in [9.17, 15) is 27.9 Å². The maximum atomic E-state index is 13.1. The number of para-hydroxylation sites is 2. The summed E-state index contributed by atoms with van der Waals surface area (Å²) in [6, 6.07) is 11.1. The summed E-state index contributed by atoms with van der Waals surface area (Å²) in [4.78, 5) is 26.7. The minimum Gasteiger partial charge on any atom is -0.394 e. The highest BCUT2D eigenvalue weighted by atomic mass is 19.4. The monoisotopic (exact) mass is 421 g/mol. The number of aliphatic hydroxyl groups excluding tert-OH is 1. The van der Waals surface area contributed by atoms with Crippen molar-refractivity contribution in [2.24, 2.45) is 0 Å². The maximum Gasteiger partial charge on any atom is 0.418 e. The molecular weight excluding hydrogens is 399 g/mol. The number of amides is 2. The molecule has 0 aromatic heterocycles. The van der Waals surface area contributed by atoms with Crippen molar-refractivity contribution in [1.82, 2.24) is 4.90 Å². The van der Waals surface area contributed by atoms with Crippen LogP contribution in [0, 0.1) is 0 Å². The van der Waals surface area contributed by atoms with Crippen molar-refractivity contribution in [3.63, 3.8) is 0 Å². The number of anilines is 2. The first-order valence-electron chi connectivity index (χ1n) is 9.52. The summed E-state index contributed by atoms with van der Waals surface area (Å²) in [7, 11) is 0. The van der Waals surface area contributed by atoms with Crippen molar-refractivity contribution in [3.05, 3.63) is 59.7 Å². The second-order valence-electron chi connectivity index (χ2n) is 6.97. The van der Waals surface area contributed by atoms with Crippen LogP contribution in [0.5, 0.6) is 0 Å². The van der Waals surface area contributed by atoms with Gasteiger partial charge in [0.05, 0.1) is 36.0 Å². The van der Waals surface area contributed by atoms with E-state index in [1.165, 1.54) is 18.2 Å². The molecule has 160 valence electrons. The molecule has 0 aliphatic carbocycles. The van der Waals surface area contributed by atoms with Crippen molar-refractivity contribution < 1.29 is 27.9 Å². The minimum absolute atomic E-state index is 0.123. The van der Waals surface area contributed by atoms with Crippen molar-refractivity contribution in [1.29, 1.82) is 0 Å². The molecule has 0 saturated carbocycles. The molecule has 3 rings (SSSR count). The minimum atomic E-state index is -4.59. The molecule has 3 N–H and O–H groups in total. The van der Waals surface area contributed by atoms with E-state index in [0.717, 1.165) is 18.9 Å². The van der Waals surface area contributed by atoms with Gasteiger partial charge >= 0.3 is 6.18 Å². The van der Waals surface area contributed by atoms with Gasteiger partial charge in [-0.05, 0) is 37.1 Å². The highest BCUT2D eigenvalue weighted by Crippen LogP contribution is 2.34. The Labute approximate surface area is 171 Å². The SMILES string of the molecule is O=C(CNc1ccccc1C(=O)N1CCCC1CO)Nc1ccccc1C(F)(F)F. The van der Waals surface area contributed by atoms with E-state index >= 15 is 0 Å². The van der Waals surface area contributed by atoms with Crippen LogP contribution in [0.15, 0.2) is 48.5 Å². The van der Waals surface area contributed by atoms with Gasteiger partial charge in [-0.25, -0.2) is 0 Å². The molecule has 1 unspecified atom stereocenters. The quantitative estimate of drug-likeness (QED) is 0.668. The first-order valence-corrected chi connectivity index (χ1v) is 9.52. The molecule has 1 fully saturated rings. The molecule has 1 aliphatic heterocycles. The summed E-state index contributed by atoms with van der Waals surface area (Å²) in [6.07, 6.45) is -3.07.